The van der Waals surface area contributed by atoms with Crippen LogP contribution in [0.2, 0.25) is 0 Å². The van der Waals surface area contributed by atoms with Crippen LogP contribution in [0.1, 0.15) is 419 Å². The van der Waals surface area contributed by atoms with Gasteiger partial charge in [-0.05, 0) is 51.4 Å². The summed E-state index contributed by atoms with van der Waals surface area (Å²) in [6.45, 7) is 4.96. The summed E-state index contributed by atoms with van der Waals surface area (Å²) in [7, 11) is -9.93. The lowest BCUT2D eigenvalue weighted by molar-refractivity contribution is -0.161. The maximum absolute atomic E-state index is 13.1. The van der Waals surface area contributed by atoms with Gasteiger partial charge in [0, 0.05) is 25.7 Å². The Morgan fingerprint density at radius 2 is 0.475 bits per heavy atom. The lowest BCUT2D eigenvalue weighted by atomic mass is 10.0. The monoisotopic (exact) mass is 1480 g/mol. The quantitative estimate of drug-likeness (QED) is 0.0169. The maximum Gasteiger partial charge on any atom is 0.472 e. The first-order valence-electron chi connectivity index (χ1n) is 42.1. The fourth-order valence-electron chi connectivity index (χ4n) is 12.3. The first-order valence-corrected chi connectivity index (χ1v) is 45.1. The first kappa shape index (κ1) is 98.5. The Hall–Kier alpha value is -2.46. The number of aliphatic hydroxyl groups excluding tert-OH is 1. The van der Waals surface area contributed by atoms with Crippen molar-refractivity contribution in [1.29, 1.82) is 0 Å². The highest BCUT2D eigenvalue weighted by Crippen LogP contribution is 2.45. The third kappa shape index (κ3) is 75.6. The minimum atomic E-state index is -4.97. The van der Waals surface area contributed by atoms with Crippen LogP contribution in [-0.2, 0) is 65.4 Å². The van der Waals surface area contributed by atoms with Crippen LogP contribution in [0.4, 0.5) is 0 Å². The molecule has 0 amide bonds. The van der Waals surface area contributed by atoms with Crippen molar-refractivity contribution in [2.75, 3.05) is 39.6 Å². The van der Waals surface area contributed by atoms with Gasteiger partial charge in [-0.25, -0.2) is 9.13 Å². The molecule has 596 valence electrons. The van der Waals surface area contributed by atoms with Crippen molar-refractivity contribution in [1.82, 2.24) is 0 Å². The summed E-state index contributed by atoms with van der Waals surface area (Å²) >= 11 is 0. The van der Waals surface area contributed by atoms with Gasteiger partial charge in [0.25, 0.3) is 0 Å². The second-order valence-electron chi connectivity index (χ2n) is 28.8. The number of unbranched alkanes of at least 4 members (excludes halogenated alkanes) is 52. The molecule has 5 atom stereocenters. The first-order chi connectivity index (χ1) is 49.2. The van der Waals surface area contributed by atoms with Gasteiger partial charge in [0.2, 0.25) is 0 Å². The molecule has 3 N–H and O–H groups in total. The highest BCUT2D eigenvalue weighted by Gasteiger charge is 2.30. The van der Waals surface area contributed by atoms with Crippen molar-refractivity contribution in [3.8, 4) is 0 Å². The number of hydrogen-bond donors (Lipinski definition) is 3. The topological polar surface area (TPSA) is 237 Å². The van der Waals surface area contributed by atoms with Crippen LogP contribution in [0.3, 0.4) is 0 Å². The Balaban J connectivity index is 5.24. The summed E-state index contributed by atoms with van der Waals surface area (Å²) in [5.74, 6) is -2.13. The fourth-order valence-corrected chi connectivity index (χ4v) is 13.9. The van der Waals surface area contributed by atoms with Gasteiger partial charge in [-0.2, -0.15) is 0 Å². The Bertz CT molecular complexity index is 2010. The third-order valence-electron chi connectivity index (χ3n) is 18.7. The van der Waals surface area contributed by atoms with Crippen LogP contribution in [0.15, 0.2) is 24.3 Å². The smallest absolute Gasteiger partial charge is 0.462 e. The van der Waals surface area contributed by atoms with E-state index in [1.165, 1.54) is 231 Å². The predicted molar refractivity (Wildman–Crippen MR) is 414 cm³/mol. The zero-order valence-corrected chi connectivity index (χ0v) is 67.2. The third-order valence-corrected chi connectivity index (χ3v) is 20.6. The van der Waals surface area contributed by atoms with Gasteiger partial charge >= 0.3 is 39.5 Å². The van der Waals surface area contributed by atoms with Crippen molar-refractivity contribution in [3.63, 3.8) is 0 Å². The largest absolute Gasteiger partial charge is 0.472 e. The summed E-state index contributed by atoms with van der Waals surface area (Å²) in [5.41, 5.74) is 0. The van der Waals surface area contributed by atoms with Crippen LogP contribution >= 0.6 is 15.6 Å². The van der Waals surface area contributed by atoms with Crippen molar-refractivity contribution < 1.29 is 80.2 Å². The minimum Gasteiger partial charge on any atom is -0.462 e. The number of carbonyl (C=O) groups excluding carboxylic acids is 4. The van der Waals surface area contributed by atoms with E-state index in [0.29, 0.717) is 25.7 Å². The minimum absolute atomic E-state index is 0.103. The molecule has 0 aromatic rings. The molecule has 0 saturated heterocycles. The molecule has 0 rings (SSSR count). The number of hydrogen-bond acceptors (Lipinski definition) is 15. The van der Waals surface area contributed by atoms with E-state index in [4.69, 9.17) is 37.0 Å². The standard InChI is InChI=1S/C82H156O17P2/c1-5-9-13-17-21-25-29-32-35-36-37-38-39-40-43-46-49-53-57-61-65-69-82(87)99-78(73-93-80(85)67-63-59-55-51-47-44-41-33-30-26-22-18-14-10-6-2)75-97-101(90,91)95-71-76(83)70-94-100(88,89)96-74-77(72-92-79(84)66-62-58-54-50-28-24-20-16-12-8-4)98-81(86)68-64-60-56-52-48-45-42-34-31-27-23-19-15-11-7-3/h26,30,33,41,76-78,83H,5-25,27-29,31-32,34-40,42-75H2,1-4H3,(H,88,89)(H,90,91)/b30-26-,41-33-/t76-,77+,78+/m0/s1. The lowest BCUT2D eigenvalue weighted by Gasteiger charge is -2.21. The SMILES string of the molecule is CCCCCC/C=C\C=C/CCCCCCCC(=O)OC[C@H](COP(=O)(O)OC[C@@H](O)COP(=O)(O)OC[C@@H](COC(=O)CCCCCCCCCCCC)OC(=O)CCCCCCCCCCCCCCCCC)OC(=O)CCCCCCCCCCCCCCCCCCCCCCC. The molecule has 0 aliphatic rings. The summed E-state index contributed by atoms with van der Waals surface area (Å²) < 4.78 is 68.7. The fraction of sp³-hybridized carbons (Fsp3) is 0.902. The number of aliphatic hydroxyl groups is 1. The molecular formula is C82H156O17P2. The molecule has 0 spiro atoms. The molecule has 0 heterocycles. The average Bonchev–Trinajstić information content (AvgIpc) is 1.09. The van der Waals surface area contributed by atoms with Crippen LogP contribution in [0.25, 0.3) is 0 Å². The van der Waals surface area contributed by atoms with Crippen molar-refractivity contribution in [2.45, 2.75) is 438 Å². The van der Waals surface area contributed by atoms with Crippen LogP contribution in [0, 0.1) is 0 Å². The van der Waals surface area contributed by atoms with E-state index in [1.807, 2.05) is 0 Å². The van der Waals surface area contributed by atoms with Gasteiger partial charge in [0.1, 0.15) is 19.3 Å². The number of phosphoric acid groups is 2. The molecule has 0 radical (unpaired) electrons. The highest BCUT2D eigenvalue weighted by atomic mass is 31.2. The molecule has 101 heavy (non-hydrogen) atoms. The number of phosphoric ester groups is 2. The molecule has 0 bridgehead atoms. The zero-order chi connectivity index (χ0) is 73.9. The predicted octanol–water partition coefficient (Wildman–Crippen LogP) is 24.5. The normalized spacial score (nSPS) is 13.9. The Morgan fingerprint density at radius 1 is 0.277 bits per heavy atom. The number of esters is 4. The molecule has 0 aromatic heterocycles. The summed E-state index contributed by atoms with van der Waals surface area (Å²) in [6, 6.07) is 0. The summed E-state index contributed by atoms with van der Waals surface area (Å²) in [4.78, 5) is 73.0. The molecule has 0 fully saturated rings. The number of allylic oxidation sites excluding steroid dienone is 4. The van der Waals surface area contributed by atoms with Crippen molar-refractivity contribution in [2.24, 2.45) is 0 Å². The average molecular weight is 1480 g/mol. The van der Waals surface area contributed by atoms with Gasteiger partial charge in [-0.3, -0.25) is 37.3 Å². The van der Waals surface area contributed by atoms with Gasteiger partial charge in [-0.15, -0.1) is 0 Å². The number of carbonyl (C=O) groups is 4. The van der Waals surface area contributed by atoms with Gasteiger partial charge in [0.15, 0.2) is 12.2 Å². The van der Waals surface area contributed by atoms with Crippen molar-refractivity contribution in [3.05, 3.63) is 24.3 Å². The number of ether oxygens (including phenoxy) is 4. The molecule has 0 aromatic carbocycles. The van der Waals surface area contributed by atoms with E-state index in [1.54, 1.807) is 0 Å². The Morgan fingerprint density at radius 3 is 0.723 bits per heavy atom. The Labute approximate surface area is 618 Å². The van der Waals surface area contributed by atoms with E-state index >= 15 is 0 Å². The molecule has 2 unspecified atom stereocenters. The Kier molecular flexibility index (Phi) is 73.9. The van der Waals surface area contributed by atoms with E-state index in [0.717, 1.165) is 109 Å². The van der Waals surface area contributed by atoms with E-state index in [-0.39, 0.29) is 25.7 Å². The molecule has 17 nitrogen and oxygen atoms in total. The van der Waals surface area contributed by atoms with Crippen molar-refractivity contribution >= 4 is 39.5 Å². The zero-order valence-electron chi connectivity index (χ0n) is 65.4. The molecule has 0 saturated carbocycles. The molecule has 0 aliphatic heterocycles. The van der Waals surface area contributed by atoms with E-state index < -0.39 is 97.5 Å². The van der Waals surface area contributed by atoms with Crippen LogP contribution < -0.4 is 0 Å². The number of rotatable bonds is 81. The maximum atomic E-state index is 13.1. The summed E-state index contributed by atoms with van der Waals surface area (Å²) in [5, 5.41) is 10.6. The molecule has 0 aliphatic carbocycles. The molecular weight excluding hydrogens is 1320 g/mol. The van der Waals surface area contributed by atoms with Gasteiger partial charge in [0.05, 0.1) is 26.4 Å². The molecule has 19 heteroatoms. The van der Waals surface area contributed by atoms with Crippen LogP contribution in [0.5, 0.6) is 0 Å². The second-order valence-corrected chi connectivity index (χ2v) is 31.7. The van der Waals surface area contributed by atoms with Gasteiger partial charge < -0.3 is 33.8 Å². The van der Waals surface area contributed by atoms with Crippen LogP contribution in [-0.4, -0.2) is 96.7 Å². The van der Waals surface area contributed by atoms with E-state index in [2.05, 4.69) is 52.0 Å². The summed E-state index contributed by atoms with van der Waals surface area (Å²) in [6.07, 6.45) is 71.6. The van der Waals surface area contributed by atoms with E-state index in [9.17, 15) is 43.2 Å². The highest BCUT2D eigenvalue weighted by molar-refractivity contribution is 7.47. The van der Waals surface area contributed by atoms with Gasteiger partial charge in [-0.1, -0.05) is 367 Å². The lowest BCUT2D eigenvalue weighted by Crippen LogP contribution is -2.30. The second kappa shape index (κ2) is 75.8.